The standard InChI is InChI=1S/C30H17FO8S/c31-23-13-18(30-15-24(33)21-3-1-2-4-26(21)37-30)7-11-28(23)39-40(35,36)20-10-12-27-22(14-20)25(34)16-29(38-27)17-5-8-19(32)9-6-17/h1-16,32H. The third-order valence-electron chi connectivity index (χ3n) is 6.19. The van der Waals surface area contributed by atoms with Crippen molar-refractivity contribution in [1.29, 1.82) is 0 Å². The quantitative estimate of drug-likeness (QED) is 0.263. The van der Waals surface area contributed by atoms with Crippen molar-refractivity contribution < 1.29 is 30.9 Å². The lowest BCUT2D eigenvalue weighted by molar-refractivity contribution is 0.461. The summed E-state index contributed by atoms with van der Waals surface area (Å²) in [6, 6.07) is 22.1. The van der Waals surface area contributed by atoms with Crippen LogP contribution in [0, 0.1) is 5.82 Å². The van der Waals surface area contributed by atoms with Gasteiger partial charge in [0.1, 0.15) is 33.3 Å². The predicted octanol–water partition coefficient (Wildman–Crippen LogP) is 5.85. The number of fused-ring (bicyclic) bond motifs is 2. The minimum atomic E-state index is -4.55. The molecule has 0 aliphatic carbocycles. The summed E-state index contributed by atoms with van der Waals surface area (Å²) < 4.78 is 57.4. The summed E-state index contributed by atoms with van der Waals surface area (Å²) in [6.07, 6.45) is 0. The minimum Gasteiger partial charge on any atom is -0.508 e. The van der Waals surface area contributed by atoms with E-state index in [1.54, 1.807) is 36.4 Å². The molecular weight excluding hydrogens is 539 g/mol. The van der Waals surface area contributed by atoms with E-state index in [9.17, 15) is 27.5 Å². The van der Waals surface area contributed by atoms with Crippen molar-refractivity contribution in [2.45, 2.75) is 4.90 Å². The van der Waals surface area contributed by atoms with Gasteiger partial charge in [0.25, 0.3) is 0 Å². The Morgan fingerprint density at radius 2 is 1.30 bits per heavy atom. The topological polar surface area (TPSA) is 124 Å². The smallest absolute Gasteiger partial charge is 0.339 e. The summed E-state index contributed by atoms with van der Waals surface area (Å²) in [5.74, 6) is -1.20. The lowest BCUT2D eigenvalue weighted by Crippen LogP contribution is -2.12. The molecule has 8 nitrogen and oxygen atoms in total. The second kappa shape index (κ2) is 9.51. The van der Waals surface area contributed by atoms with Crippen molar-refractivity contribution in [3.63, 3.8) is 0 Å². The zero-order valence-corrected chi connectivity index (χ0v) is 21.1. The fraction of sp³-hybridized carbons (Fsp3) is 0. The first-order valence-corrected chi connectivity index (χ1v) is 13.2. The zero-order valence-electron chi connectivity index (χ0n) is 20.3. The molecule has 2 heterocycles. The molecule has 0 atom stereocenters. The molecule has 0 bridgehead atoms. The Bertz CT molecular complexity index is 2160. The molecule has 0 saturated heterocycles. The second-order valence-electron chi connectivity index (χ2n) is 8.83. The average Bonchev–Trinajstić information content (AvgIpc) is 2.94. The molecule has 0 aliphatic heterocycles. The van der Waals surface area contributed by atoms with E-state index in [1.807, 2.05) is 0 Å². The van der Waals surface area contributed by atoms with E-state index in [0.29, 0.717) is 16.5 Å². The summed E-state index contributed by atoms with van der Waals surface area (Å²) in [6.45, 7) is 0. The Kier molecular flexibility index (Phi) is 5.96. The fourth-order valence-corrected chi connectivity index (χ4v) is 5.16. The third-order valence-corrected chi connectivity index (χ3v) is 7.42. The number of aromatic hydroxyl groups is 1. The van der Waals surface area contributed by atoms with Gasteiger partial charge in [-0.3, -0.25) is 9.59 Å². The molecule has 6 rings (SSSR count). The molecule has 0 aliphatic rings. The number of hydrogen-bond donors (Lipinski definition) is 1. The normalized spacial score (nSPS) is 11.6. The van der Waals surface area contributed by atoms with Crippen LogP contribution >= 0.6 is 0 Å². The van der Waals surface area contributed by atoms with Crippen LogP contribution in [0.1, 0.15) is 0 Å². The van der Waals surface area contributed by atoms with Gasteiger partial charge in [-0.05, 0) is 72.8 Å². The van der Waals surface area contributed by atoms with Crippen LogP contribution in [0.5, 0.6) is 11.5 Å². The van der Waals surface area contributed by atoms with Crippen LogP contribution in [-0.2, 0) is 10.1 Å². The van der Waals surface area contributed by atoms with Crippen LogP contribution in [-0.4, -0.2) is 13.5 Å². The maximum absolute atomic E-state index is 15.0. The summed E-state index contributed by atoms with van der Waals surface area (Å²) >= 11 is 0. The largest absolute Gasteiger partial charge is 0.508 e. The van der Waals surface area contributed by atoms with Crippen molar-refractivity contribution in [3.8, 4) is 34.1 Å². The maximum Gasteiger partial charge on any atom is 0.339 e. The highest BCUT2D eigenvalue weighted by Crippen LogP contribution is 2.30. The molecule has 0 saturated carbocycles. The number of rotatable bonds is 5. The molecule has 10 heteroatoms. The van der Waals surface area contributed by atoms with Crippen LogP contribution in [0.3, 0.4) is 0 Å². The van der Waals surface area contributed by atoms with Crippen molar-refractivity contribution in [2.24, 2.45) is 0 Å². The monoisotopic (exact) mass is 556 g/mol. The van der Waals surface area contributed by atoms with Crippen LogP contribution in [0.4, 0.5) is 4.39 Å². The Labute approximate surface area is 225 Å². The molecule has 0 spiro atoms. The number of para-hydroxylation sites is 1. The highest BCUT2D eigenvalue weighted by Gasteiger charge is 2.21. The first kappa shape index (κ1) is 25.1. The summed E-state index contributed by atoms with van der Waals surface area (Å²) in [7, 11) is -4.55. The fourth-order valence-electron chi connectivity index (χ4n) is 4.19. The van der Waals surface area contributed by atoms with E-state index in [4.69, 9.17) is 13.0 Å². The molecule has 6 aromatic rings. The Morgan fingerprint density at radius 1 is 0.675 bits per heavy atom. The third kappa shape index (κ3) is 4.61. The van der Waals surface area contributed by atoms with E-state index in [2.05, 4.69) is 0 Å². The van der Waals surface area contributed by atoms with Crippen LogP contribution < -0.4 is 15.0 Å². The van der Waals surface area contributed by atoms with Crippen molar-refractivity contribution in [2.75, 3.05) is 0 Å². The van der Waals surface area contributed by atoms with Gasteiger partial charge in [-0.25, -0.2) is 4.39 Å². The molecule has 0 fully saturated rings. The van der Waals surface area contributed by atoms with E-state index < -0.39 is 27.1 Å². The van der Waals surface area contributed by atoms with Gasteiger partial charge in [-0.1, -0.05) is 12.1 Å². The average molecular weight is 557 g/mol. The molecule has 1 N–H and O–H groups in total. The van der Waals surface area contributed by atoms with Gasteiger partial charge in [0.05, 0.1) is 10.8 Å². The van der Waals surface area contributed by atoms with E-state index in [1.165, 1.54) is 42.5 Å². The van der Waals surface area contributed by atoms with Gasteiger partial charge in [0.2, 0.25) is 0 Å². The highest BCUT2D eigenvalue weighted by atomic mass is 32.2. The summed E-state index contributed by atoms with van der Waals surface area (Å²) in [4.78, 5) is 24.8. The van der Waals surface area contributed by atoms with E-state index >= 15 is 0 Å². The predicted molar refractivity (Wildman–Crippen MR) is 145 cm³/mol. The van der Waals surface area contributed by atoms with Gasteiger partial charge in [-0.2, -0.15) is 8.42 Å². The van der Waals surface area contributed by atoms with Gasteiger partial charge in [-0.15, -0.1) is 0 Å². The number of phenolic OH excluding ortho intramolecular Hbond substituents is 1. The molecular formula is C30H17FO8S. The van der Waals surface area contributed by atoms with Gasteiger partial charge in [0.15, 0.2) is 22.4 Å². The van der Waals surface area contributed by atoms with Crippen LogP contribution in [0.25, 0.3) is 44.6 Å². The Hall–Kier alpha value is -5.22. The molecule has 2 aromatic heterocycles. The number of halogens is 1. The minimum absolute atomic E-state index is 0.0191. The zero-order chi connectivity index (χ0) is 28.0. The number of phenols is 1. The van der Waals surface area contributed by atoms with Gasteiger partial charge >= 0.3 is 10.1 Å². The van der Waals surface area contributed by atoms with E-state index in [-0.39, 0.29) is 44.1 Å². The summed E-state index contributed by atoms with van der Waals surface area (Å²) in [5.41, 5.74) is 0.382. The first-order valence-electron chi connectivity index (χ1n) is 11.8. The van der Waals surface area contributed by atoms with Crippen molar-refractivity contribution in [3.05, 3.63) is 123 Å². The Balaban J connectivity index is 1.30. The Morgan fingerprint density at radius 3 is 2.02 bits per heavy atom. The summed E-state index contributed by atoms with van der Waals surface area (Å²) in [5, 5.41) is 9.82. The molecule has 4 aromatic carbocycles. The van der Waals surface area contributed by atoms with Crippen LogP contribution in [0.15, 0.2) is 120 Å². The van der Waals surface area contributed by atoms with Gasteiger partial charge in [0, 0.05) is 23.3 Å². The first-order chi connectivity index (χ1) is 19.2. The van der Waals surface area contributed by atoms with Gasteiger partial charge < -0.3 is 18.1 Å². The highest BCUT2D eigenvalue weighted by molar-refractivity contribution is 7.87. The molecule has 198 valence electrons. The SMILES string of the molecule is O=c1cc(-c2ccc(OS(=O)(=O)c3ccc4oc(-c5ccc(O)cc5)cc(=O)c4c3)c(F)c2)oc2ccccc12. The lowest BCUT2D eigenvalue weighted by Gasteiger charge is -2.10. The lowest BCUT2D eigenvalue weighted by atomic mass is 10.1. The van der Waals surface area contributed by atoms with Crippen molar-refractivity contribution >= 4 is 32.1 Å². The van der Waals surface area contributed by atoms with E-state index in [0.717, 1.165) is 18.2 Å². The molecule has 0 amide bonds. The van der Waals surface area contributed by atoms with Crippen molar-refractivity contribution in [1.82, 2.24) is 0 Å². The number of hydrogen-bond acceptors (Lipinski definition) is 8. The molecule has 0 radical (unpaired) electrons. The number of benzene rings is 4. The van der Waals surface area contributed by atoms with Crippen LogP contribution in [0.2, 0.25) is 0 Å². The molecule has 40 heavy (non-hydrogen) atoms. The molecule has 0 unspecified atom stereocenters. The second-order valence-corrected chi connectivity index (χ2v) is 10.4. The maximum atomic E-state index is 15.0.